The van der Waals surface area contributed by atoms with Gasteiger partial charge in [-0.1, -0.05) is 109 Å². The van der Waals surface area contributed by atoms with Crippen LogP contribution in [0.3, 0.4) is 0 Å². The molecule has 5 rings (SSSR count). The summed E-state index contributed by atoms with van der Waals surface area (Å²) < 4.78 is 0. The van der Waals surface area contributed by atoms with Gasteiger partial charge < -0.3 is 112 Å². The van der Waals surface area contributed by atoms with E-state index >= 15 is 14.4 Å². The molecule has 0 unspecified atom stereocenters. The number of nitrogens with zero attached hydrogens (tertiary/aromatic N) is 2. The van der Waals surface area contributed by atoms with Gasteiger partial charge in [-0.3, -0.25) is 67.1 Å². The van der Waals surface area contributed by atoms with Crippen molar-refractivity contribution in [3.63, 3.8) is 0 Å². The summed E-state index contributed by atoms with van der Waals surface area (Å²) in [5.74, 6) is -16.5. The number of aliphatic hydroxyl groups is 2. The van der Waals surface area contributed by atoms with Crippen LogP contribution in [-0.2, 0) is 86.4 Å². The average Bonchev–Trinajstić information content (AvgIpc) is 1.57. The predicted molar refractivity (Wildman–Crippen MR) is 396 cm³/mol. The number of carbonyl (C=O) groups is 16. The Morgan fingerprint density at radius 2 is 0.873 bits per heavy atom. The number of nitrogens with one attached hydrogen (secondary N) is 15. The first-order valence-electron chi connectivity index (χ1n) is 36.7. The van der Waals surface area contributed by atoms with Crippen LogP contribution in [0.4, 0.5) is 9.59 Å². The summed E-state index contributed by atoms with van der Waals surface area (Å²) in [6.07, 6.45) is -2.54. The maximum atomic E-state index is 15.1. The van der Waals surface area contributed by atoms with E-state index in [9.17, 15) is 72.5 Å². The fourth-order valence-electron chi connectivity index (χ4n) is 12.2. The van der Waals surface area contributed by atoms with Gasteiger partial charge in [0.25, 0.3) is 0 Å². The van der Waals surface area contributed by atoms with Crippen LogP contribution in [0, 0.1) is 17.8 Å². The number of primary amides is 3. The first kappa shape index (κ1) is 89.3. The van der Waals surface area contributed by atoms with Gasteiger partial charge >= 0.3 is 12.1 Å². The number of carbonyl (C=O) groups excluding carboxylic acids is 16. The number of rotatable bonds is 22. The molecule has 38 nitrogen and oxygen atoms in total. The SMILES string of the molecule is CC[C@H](C)[C@@H]1NC(=O)[C@H](CC(N)=O)NC(=O)[C@H](CCCNC(N)=O)NC(=O)[C@H](Cc2ccccc2)NC(=O)[C@H](Cc2ccccc2)NC(=O)[C@H](Cc2cnc[nH]2)NC(=O)[C@H](C(C)C)NC(=O)[C@@H]2CCCN2C(=O)[C@H]([C@@H](C)O)NC(=O)[C@H](CCCNC(N)=O)NC(=O)[C@H](C)NC(=O)[C@H]([C@@H](C)O)NC(=O)[C@H](C(C)C)NC1=O. The Bertz CT molecular complexity index is 3680. The van der Waals surface area contributed by atoms with Crippen LogP contribution >= 0.6 is 0 Å². The Balaban J connectivity index is 1.64. The lowest BCUT2D eigenvalue weighted by Crippen LogP contribution is -2.63. The summed E-state index contributed by atoms with van der Waals surface area (Å²) in [7, 11) is 0. The lowest BCUT2D eigenvalue weighted by atomic mass is 9.95. The van der Waals surface area contributed by atoms with Crippen molar-refractivity contribution in [2.24, 2.45) is 35.0 Å². The Kier molecular flexibility index (Phi) is 35.4. The Morgan fingerprint density at radius 3 is 1.34 bits per heavy atom. The zero-order chi connectivity index (χ0) is 81.6. The fraction of sp³-hybridized carbons (Fsp3) is 0.569. The molecule has 2 aliphatic rings. The third-order valence-electron chi connectivity index (χ3n) is 18.7. The molecule has 3 heterocycles. The van der Waals surface area contributed by atoms with Gasteiger partial charge in [0.05, 0.1) is 25.0 Å². The summed E-state index contributed by atoms with van der Waals surface area (Å²) >= 11 is 0. The minimum absolute atomic E-state index is 0.0290. The predicted octanol–water partition coefficient (Wildman–Crippen LogP) is -4.83. The highest BCUT2D eigenvalue weighted by molar-refractivity contribution is 6.01. The van der Waals surface area contributed by atoms with Crippen LogP contribution in [0.15, 0.2) is 73.2 Å². The molecule has 38 heteroatoms. The van der Waals surface area contributed by atoms with Crippen LogP contribution in [-0.4, -0.2) is 230 Å². The first-order chi connectivity index (χ1) is 52.0. The standard InChI is InChI=1S/C72H108N20O18/c1-10-38(6)55-68(106)88-54(37(4)5)67(105)90-56(40(8)93)69(107)80-39(7)58(96)81-46(25-18-28-78-72(75)110)60(98)91-57(41(9)94)70(108)92-29-19-26-51(92)65(103)87-53(36(2)3)66(104)86-49(32-44-34-76-35-79-44)63(101)84-48(31-43-22-15-12-16-23-43)62(100)83-47(30-42-20-13-11-14-21-42)61(99)82-45(24-17-27-77-71(74)109)59(97)85-50(33-52(73)95)64(102)89-55/h11-16,20-23,34-41,45-51,53-57,93-94H,10,17-19,24-33H2,1-9H3,(H2,73,95)(H,76,79)(H,80,107)(H,81,96)(H,82,99)(H,83,100)(H,84,101)(H,85,97)(H,86,104)(H,87,103)(H,88,106)(H,89,102)(H,90,105)(H,91,98)(H3,74,77,109)(H3,75,78,110)/t38-,39-,40+,41+,45-,46-,47-,48-,49-,50-,51-,53-,54-,55-,56-,57-/m0/s1. The molecule has 23 N–H and O–H groups in total. The van der Waals surface area contributed by atoms with Crippen molar-refractivity contribution in [2.45, 2.75) is 224 Å². The van der Waals surface area contributed by atoms with Crippen molar-refractivity contribution in [1.82, 2.24) is 89.3 Å². The van der Waals surface area contributed by atoms with Crippen molar-refractivity contribution in [2.75, 3.05) is 19.6 Å². The molecule has 0 aliphatic carbocycles. The van der Waals surface area contributed by atoms with E-state index in [4.69, 9.17) is 17.2 Å². The van der Waals surface area contributed by atoms with Crippen molar-refractivity contribution in [1.29, 1.82) is 0 Å². The third kappa shape index (κ3) is 28.0. The maximum absolute atomic E-state index is 15.1. The van der Waals surface area contributed by atoms with Crippen LogP contribution in [0.5, 0.6) is 0 Å². The molecule has 2 aromatic carbocycles. The molecule has 16 atom stereocenters. The smallest absolute Gasteiger partial charge is 0.312 e. The summed E-state index contributed by atoms with van der Waals surface area (Å²) in [5, 5.41) is 57.7. The van der Waals surface area contributed by atoms with E-state index in [1.54, 1.807) is 88.4 Å². The van der Waals surface area contributed by atoms with Gasteiger partial charge in [0.2, 0.25) is 82.7 Å². The van der Waals surface area contributed by atoms with Crippen molar-refractivity contribution < 1.29 is 86.9 Å². The second-order valence-electron chi connectivity index (χ2n) is 28.3. The molecule has 2 aliphatic heterocycles. The summed E-state index contributed by atoms with van der Waals surface area (Å²) in [6.45, 7) is 12.6. The number of aromatic amines is 1. The van der Waals surface area contributed by atoms with E-state index in [0.29, 0.717) is 16.8 Å². The van der Waals surface area contributed by atoms with Crippen LogP contribution < -0.4 is 91.6 Å². The highest BCUT2D eigenvalue weighted by Gasteiger charge is 2.44. The van der Waals surface area contributed by atoms with E-state index in [-0.39, 0.29) is 83.8 Å². The second kappa shape index (κ2) is 43.6. The monoisotopic (exact) mass is 1540 g/mol. The number of imidazole rings is 1. The van der Waals surface area contributed by atoms with Gasteiger partial charge in [0, 0.05) is 50.8 Å². The van der Waals surface area contributed by atoms with E-state index in [1.807, 2.05) is 0 Å². The molecule has 2 fully saturated rings. The molecule has 0 spiro atoms. The lowest BCUT2D eigenvalue weighted by molar-refractivity contribution is -0.145. The maximum Gasteiger partial charge on any atom is 0.312 e. The van der Waals surface area contributed by atoms with Crippen LogP contribution in [0.2, 0.25) is 0 Å². The zero-order valence-corrected chi connectivity index (χ0v) is 63.3. The largest absolute Gasteiger partial charge is 0.391 e. The van der Waals surface area contributed by atoms with E-state index in [1.165, 1.54) is 40.2 Å². The van der Waals surface area contributed by atoms with Gasteiger partial charge in [0.1, 0.15) is 78.5 Å². The molecule has 604 valence electrons. The molecule has 1 aromatic heterocycles. The molecule has 0 radical (unpaired) electrons. The number of hydrogen-bond acceptors (Lipinski definition) is 19. The van der Waals surface area contributed by atoms with Gasteiger partial charge in [-0.2, -0.15) is 0 Å². The number of nitrogens with two attached hydrogens (primary N) is 3. The number of aliphatic hydroxyl groups excluding tert-OH is 2. The van der Waals surface area contributed by atoms with Crippen LogP contribution in [0.1, 0.15) is 131 Å². The Morgan fingerprint density at radius 1 is 0.482 bits per heavy atom. The molecule has 0 bridgehead atoms. The first-order valence-corrected chi connectivity index (χ1v) is 36.7. The number of urea groups is 2. The van der Waals surface area contributed by atoms with Gasteiger partial charge in [-0.25, -0.2) is 14.6 Å². The van der Waals surface area contributed by atoms with Crippen molar-refractivity contribution in [3.8, 4) is 0 Å². The van der Waals surface area contributed by atoms with Crippen molar-refractivity contribution >= 4 is 94.8 Å². The fourth-order valence-corrected chi connectivity index (χ4v) is 12.2. The zero-order valence-electron chi connectivity index (χ0n) is 63.3. The highest BCUT2D eigenvalue weighted by atomic mass is 16.3. The van der Waals surface area contributed by atoms with E-state index in [2.05, 4.69) is 84.4 Å². The molecule has 0 saturated carbocycles. The third-order valence-corrected chi connectivity index (χ3v) is 18.7. The Labute approximate surface area is 636 Å². The molecular weight excluding hydrogens is 1430 g/mol. The highest BCUT2D eigenvalue weighted by Crippen LogP contribution is 2.22. The van der Waals surface area contributed by atoms with Crippen LogP contribution in [0.25, 0.3) is 0 Å². The number of H-pyrrole nitrogens is 1. The van der Waals surface area contributed by atoms with E-state index in [0.717, 1.165) is 11.8 Å². The molecular formula is C72H108N20O18. The number of fused-ring (bicyclic) bond motifs is 1. The van der Waals surface area contributed by atoms with Gasteiger partial charge in [-0.05, 0) is 88.2 Å². The van der Waals surface area contributed by atoms with Gasteiger partial charge in [0.15, 0.2) is 0 Å². The molecule has 2 saturated heterocycles. The summed E-state index contributed by atoms with van der Waals surface area (Å²) in [5.41, 5.74) is 17.6. The molecule has 110 heavy (non-hydrogen) atoms. The Hall–Kier alpha value is -11.3. The van der Waals surface area contributed by atoms with Gasteiger partial charge in [-0.15, -0.1) is 0 Å². The number of benzene rings is 2. The summed E-state index contributed by atoms with van der Waals surface area (Å²) in [4.78, 5) is 234. The molecule has 3 aromatic rings. The normalized spacial score (nSPS) is 25.7. The summed E-state index contributed by atoms with van der Waals surface area (Å²) in [6, 6.07) is -6.00. The topological polar surface area (TPSA) is 592 Å². The average molecular weight is 1540 g/mol. The number of amides is 18. The minimum Gasteiger partial charge on any atom is -0.391 e. The molecule has 18 amide bonds. The number of hydrogen-bond donors (Lipinski definition) is 20. The van der Waals surface area contributed by atoms with Crippen molar-refractivity contribution in [3.05, 3.63) is 90.0 Å². The minimum atomic E-state index is -1.88. The number of aromatic nitrogens is 2. The lowest BCUT2D eigenvalue weighted by Gasteiger charge is -2.32. The quantitative estimate of drug-likeness (QED) is 0.0420. The second-order valence-corrected chi connectivity index (χ2v) is 28.3. The van der Waals surface area contributed by atoms with E-state index < -0.39 is 210 Å².